The number of rotatable bonds is 4. The number of thiophene rings is 1. The maximum atomic E-state index is 13.3. The molecule has 0 saturated carbocycles. The van der Waals surface area contributed by atoms with Gasteiger partial charge in [-0.05, 0) is 43.7 Å². The number of ether oxygens (including phenoxy) is 1. The molecule has 6 heteroatoms. The number of hydrogen-bond donors (Lipinski definition) is 0. The highest BCUT2D eigenvalue weighted by molar-refractivity contribution is 7.24. The molecule has 0 atom stereocenters. The summed E-state index contributed by atoms with van der Waals surface area (Å²) in [6.45, 7) is 3.92. The SMILES string of the molecule is CCOC(=O)c1sc(-c2ccc(-c3cccc(F)c3)s2)nc1C. The average Bonchev–Trinajstić information content (AvgIpc) is 3.14. The van der Waals surface area contributed by atoms with E-state index in [1.54, 1.807) is 19.9 Å². The number of carbonyl (C=O) groups is 1. The monoisotopic (exact) mass is 347 g/mol. The van der Waals surface area contributed by atoms with Crippen molar-refractivity contribution in [2.45, 2.75) is 13.8 Å². The standard InChI is InChI=1S/C17H14FNO2S2/c1-3-21-17(20)15-10(2)19-16(23-15)14-8-7-13(22-14)11-5-4-6-12(18)9-11/h4-9H,3H2,1-2H3. The molecule has 0 aliphatic carbocycles. The van der Waals surface area contributed by atoms with Crippen molar-refractivity contribution >= 4 is 28.6 Å². The maximum absolute atomic E-state index is 13.3. The van der Waals surface area contributed by atoms with E-state index in [1.807, 2.05) is 18.2 Å². The first-order chi connectivity index (χ1) is 11.1. The van der Waals surface area contributed by atoms with Gasteiger partial charge in [-0.25, -0.2) is 14.2 Å². The number of esters is 1. The van der Waals surface area contributed by atoms with Crippen LogP contribution in [0.4, 0.5) is 4.39 Å². The van der Waals surface area contributed by atoms with Crippen LogP contribution in [0, 0.1) is 12.7 Å². The van der Waals surface area contributed by atoms with Crippen molar-refractivity contribution in [3.8, 4) is 20.3 Å². The third-order valence-corrected chi connectivity index (χ3v) is 5.62. The summed E-state index contributed by atoms with van der Waals surface area (Å²) in [4.78, 5) is 18.8. The minimum absolute atomic E-state index is 0.257. The van der Waals surface area contributed by atoms with Crippen molar-refractivity contribution in [2.24, 2.45) is 0 Å². The Morgan fingerprint density at radius 2 is 2.00 bits per heavy atom. The zero-order chi connectivity index (χ0) is 16.4. The van der Waals surface area contributed by atoms with Gasteiger partial charge in [-0.3, -0.25) is 0 Å². The molecule has 0 bridgehead atoms. The Hall–Kier alpha value is -2.05. The summed E-state index contributed by atoms with van der Waals surface area (Å²) in [5.74, 6) is -0.595. The molecule has 0 aliphatic heterocycles. The van der Waals surface area contributed by atoms with Gasteiger partial charge >= 0.3 is 5.97 Å². The summed E-state index contributed by atoms with van der Waals surface area (Å²) in [6.07, 6.45) is 0. The number of hydrogen-bond acceptors (Lipinski definition) is 5. The highest BCUT2D eigenvalue weighted by atomic mass is 32.1. The van der Waals surface area contributed by atoms with Gasteiger partial charge in [0.25, 0.3) is 0 Å². The molecule has 2 aromatic heterocycles. The largest absolute Gasteiger partial charge is 0.462 e. The number of thiazole rings is 1. The van der Waals surface area contributed by atoms with Gasteiger partial charge < -0.3 is 4.74 Å². The molecular formula is C17H14FNO2S2. The molecule has 0 fully saturated rings. The van der Waals surface area contributed by atoms with Gasteiger partial charge in [0.2, 0.25) is 0 Å². The molecule has 2 heterocycles. The molecule has 1 aromatic carbocycles. The Morgan fingerprint density at radius 3 is 2.74 bits per heavy atom. The number of nitrogens with zero attached hydrogens (tertiary/aromatic N) is 1. The van der Waals surface area contributed by atoms with Crippen LogP contribution in [0.5, 0.6) is 0 Å². The summed E-state index contributed by atoms with van der Waals surface area (Å²) in [7, 11) is 0. The lowest BCUT2D eigenvalue weighted by atomic mass is 10.2. The van der Waals surface area contributed by atoms with Crippen molar-refractivity contribution in [3.63, 3.8) is 0 Å². The molecule has 3 nitrogen and oxygen atoms in total. The smallest absolute Gasteiger partial charge is 0.350 e. The van der Waals surface area contributed by atoms with Crippen molar-refractivity contribution in [3.05, 3.63) is 52.8 Å². The topological polar surface area (TPSA) is 39.2 Å². The average molecular weight is 347 g/mol. The van der Waals surface area contributed by atoms with E-state index in [4.69, 9.17) is 4.74 Å². The van der Waals surface area contributed by atoms with Crippen LogP contribution in [0.3, 0.4) is 0 Å². The highest BCUT2D eigenvalue weighted by Crippen LogP contribution is 2.37. The van der Waals surface area contributed by atoms with Gasteiger partial charge in [-0.2, -0.15) is 0 Å². The van der Waals surface area contributed by atoms with E-state index in [-0.39, 0.29) is 11.8 Å². The number of carbonyl (C=O) groups excluding carboxylic acids is 1. The lowest BCUT2D eigenvalue weighted by molar-refractivity contribution is 0.0531. The molecule has 0 aliphatic rings. The number of halogens is 1. The predicted octanol–water partition coefficient (Wildman–Crippen LogP) is 5.16. The van der Waals surface area contributed by atoms with Crippen molar-refractivity contribution < 1.29 is 13.9 Å². The van der Waals surface area contributed by atoms with E-state index in [0.717, 1.165) is 20.3 Å². The molecule has 0 saturated heterocycles. The van der Waals surface area contributed by atoms with Gasteiger partial charge in [0.05, 0.1) is 17.2 Å². The summed E-state index contributed by atoms with van der Waals surface area (Å²) in [5.41, 5.74) is 1.50. The van der Waals surface area contributed by atoms with Gasteiger partial charge in [0.1, 0.15) is 15.7 Å². The zero-order valence-corrected chi connectivity index (χ0v) is 14.3. The van der Waals surface area contributed by atoms with E-state index >= 15 is 0 Å². The third kappa shape index (κ3) is 3.33. The Labute approximate surface area is 141 Å². The van der Waals surface area contributed by atoms with Crippen molar-refractivity contribution in [1.29, 1.82) is 0 Å². The van der Waals surface area contributed by atoms with Crippen LogP contribution in [-0.2, 0) is 4.74 Å². The van der Waals surface area contributed by atoms with Gasteiger partial charge in [0, 0.05) is 4.88 Å². The highest BCUT2D eigenvalue weighted by Gasteiger charge is 2.18. The molecule has 0 N–H and O–H groups in total. The normalized spacial score (nSPS) is 10.7. The van der Waals surface area contributed by atoms with Crippen LogP contribution in [0.2, 0.25) is 0 Å². The first-order valence-corrected chi connectivity index (χ1v) is 8.72. The lowest BCUT2D eigenvalue weighted by Gasteiger charge is -1.97. The Bertz CT molecular complexity index is 854. The number of benzene rings is 1. The maximum Gasteiger partial charge on any atom is 0.350 e. The van der Waals surface area contributed by atoms with Crippen LogP contribution < -0.4 is 0 Å². The molecular weight excluding hydrogens is 333 g/mol. The zero-order valence-electron chi connectivity index (χ0n) is 12.6. The van der Waals surface area contributed by atoms with Gasteiger partial charge in [-0.1, -0.05) is 12.1 Å². The quantitative estimate of drug-likeness (QED) is 0.612. The van der Waals surface area contributed by atoms with E-state index in [9.17, 15) is 9.18 Å². The fraction of sp³-hybridized carbons (Fsp3) is 0.176. The minimum Gasteiger partial charge on any atom is -0.462 e. The Kier molecular flexibility index (Phi) is 4.54. The summed E-state index contributed by atoms with van der Waals surface area (Å²) in [5, 5.41) is 0.776. The van der Waals surface area contributed by atoms with Crippen LogP contribution in [0.1, 0.15) is 22.3 Å². The Balaban J connectivity index is 1.92. The van der Waals surface area contributed by atoms with Gasteiger partial charge in [-0.15, -0.1) is 22.7 Å². The molecule has 118 valence electrons. The first-order valence-electron chi connectivity index (χ1n) is 7.09. The fourth-order valence-corrected chi connectivity index (χ4v) is 4.15. The molecule has 3 aromatic rings. The van der Waals surface area contributed by atoms with E-state index in [2.05, 4.69) is 4.98 Å². The van der Waals surface area contributed by atoms with E-state index in [1.165, 1.54) is 34.8 Å². The van der Waals surface area contributed by atoms with E-state index in [0.29, 0.717) is 17.2 Å². The van der Waals surface area contributed by atoms with E-state index < -0.39 is 0 Å². The number of aromatic nitrogens is 1. The van der Waals surface area contributed by atoms with Crippen LogP contribution >= 0.6 is 22.7 Å². The molecule has 23 heavy (non-hydrogen) atoms. The summed E-state index contributed by atoms with van der Waals surface area (Å²) >= 11 is 2.85. The second-order valence-corrected chi connectivity index (χ2v) is 6.91. The van der Waals surface area contributed by atoms with Gasteiger partial charge in [0.15, 0.2) is 0 Å². The van der Waals surface area contributed by atoms with Crippen molar-refractivity contribution in [2.75, 3.05) is 6.61 Å². The van der Waals surface area contributed by atoms with Crippen LogP contribution in [0.15, 0.2) is 36.4 Å². The molecule has 0 unspecified atom stereocenters. The Morgan fingerprint density at radius 1 is 1.22 bits per heavy atom. The first kappa shape index (κ1) is 15.8. The van der Waals surface area contributed by atoms with Crippen LogP contribution in [-0.4, -0.2) is 17.6 Å². The number of aryl methyl sites for hydroxylation is 1. The van der Waals surface area contributed by atoms with Crippen molar-refractivity contribution in [1.82, 2.24) is 4.98 Å². The second-order valence-electron chi connectivity index (χ2n) is 4.83. The molecule has 0 amide bonds. The fourth-order valence-electron chi connectivity index (χ4n) is 2.14. The summed E-state index contributed by atoms with van der Waals surface area (Å²) in [6, 6.07) is 10.4. The minimum atomic E-state index is -0.337. The molecule has 0 radical (unpaired) electrons. The molecule has 3 rings (SSSR count). The third-order valence-electron chi connectivity index (χ3n) is 3.18. The lowest BCUT2D eigenvalue weighted by Crippen LogP contribution is -2.03. The predicted molar refractivity (Wildman–Crippen MR) is 91.5 cm³/mol. The molecule has 0 spiro atoms. The second kappa shape index (κ2) is 6.60. The van der Waals surface area contributed by atoms with Crippen LogP contribution in [0.25, 0.3) is 20.3 Å². The summed E-state index contributed by atoms with van der Waals surface area (Å²) < 4.78 is 18.4.